The minimum absolute atomic E-state index is 0.0615. The molecule has 1 heterocycles. The molecule has 1 aliphatic rings. The van der Waals surface area contributed by atoms with Crippen LogP contribution in [-0.2, 0) is 9.59 Å². The van der Waals surface area contributed by atoms with Crippen LogP contribution in [0.1, 0.15) is 12.8 Å². The van der Waals surface area contributed by atoms with E-state index in [9.17, 15) is 19.5 Å². The quantitative estimate of drug-likeness (QED) is 0.252. The molecule has 1 aromatic carbocycles. The number of carboxylic acids is 1. The molecule has 1 fully saturated rings. The number of urea groups is 1. The second kappa shape index (κ2) is 7.44. The zero-order chi connectivity index (χ0) is 17.7. The van der Waals surface area contributed by atoms with E-state index in [4.69, 9.17) is 11.5 Å². The van der Waals surface area contributed by atoms with Gasteiger partial charge in [-0.05, 0) is 25.0 Å². The van der Waals surface area contributed by atoms with Crippen molar-refractivity contribution in [3.8, 4) is 0 Å². The Morgan fingerprint density at radius 1 is 1.25 bits per heavy atom. The third kappa shape index (κ3) is 3.80. The van der Waals surface area contributed by atoms with E-state index in [1.165, 1.54) is 0 Å². The molecule has 1 aromatic rings. The molecule has 128 valence electrons. The highest BCUT2D eigenvalue weighted by molar-refractivity contribution is 6.10. The van der Waals surface area contributed by atoms with Gasteiger partial charge in [0, 0.05) is 12.2 Å². The van der Waals surface area contributed by atoms with Crippen molar-refractivity contribution in [2.45, 2.75) is 18.9 Å². The van der Waals surface area contributed by atoms with Crippen LogP contribution in [0.25, 0.3) is 0 Å². The summed E-state index contributed by atoms with van der Waals surface area (Å²) < 4.78 is 0. The monoisotopic (exact) mass is 333 g/mol. The Hall–Kier alpha value is -3.10. The van der Waals surface area contributed by atoms with Crippen LogP contribution in [0.5, 0.6) is 0 Å². The molecule has 9 heteroatoms. The number of imide groups is 1. The first-order chi connectivity index (χ1) is 11.4. The van der Waals surface area contributed by atoms with Gasteiger partial charge in [0.1, 0.15) is 0 Å². The van der Waals surface area contributed by atoms with Crippen LogP contribution in [0.15, 0.2) is 35.3 Å². The maximum atomic E-state index is 12.2. The number of benzene rings is 1. The van der Waals surface area contributed by atoms with Gasteiger partial charge in [0.15, 0.2) is 12.0 Å². The number of anilines is 1. The molecule has 24 heavy (non-hydrogen) atoms. The average Bonchev–Trinajstić information content (AvgIpc) is 2.52. The third-order valence-corrected chi connectivity index (χ3v) is 3.68. The van der Waals surface area contributed by atoms with E-state index in [-0.39, 0.29) is 5.96 Å². The fraction of sp³-hybridized carbons (Fsp3) is 0.333. The van der Waals surface area contributed by atoms with Gasteiger partial charge >= 0.3 is 12.0 Å². The van der Waals surface area contributed by atoms with Gasteiger partial charge in [-0.3, -0.25) is 9.79 Å². The van der Waals surface area contributed by atoms with Crippen molar-refractivity contribution in [3.05, 3.63) is 30.3 Å². The van der Waals surface area contributed by atoms with Crippen LogP contribution < -0.4 is 16.8 Å². The molecule has 0 radical (unpaired) electrons. The minimum Gasteiger partial charge on any atom is -0.480 e. The van der Waals surface area contributed by atoms with Crippen molar-refractivity contribution in [1.82, 2.24) is 4.90 Å². The number of rotatable bonds is 6. The van der Waals surface area contributed by atoms with Crippen molar-refractivity contribution >= 4 is 29.6 Å². The van der Waals surface area contributed by atoms with Crippen LogP contribution in [0.4, 0.5) is 10.5 Å². The number of nitrogens with zero attached hydrogens (tertiary/aromatic N) is 2. The SMILES string of the molecule is NC(N)=NCCC[C@H]1C(=O)N(C(=O)Nc2ccccc2)C1C(=O)O. The van der Waals surface area contributed by atoms with E-state index in [2.05, 4.69) is 10.3 Å². The summed E-state index contributed by atoms with van der Waals surface area (Å²) in [6.07, 6.45) is 0.744. The Labute approximate surface area is 138 Å². The number of hydrogen-bond donors (Lipinski definition) is 4. The number of guanidine groups is 1. The number of nitrogens with two attached hydrogens (primary N) is 2. The summed E-state index contributed by atoms with van der Waals surface area (Å²) in [4.78, 5) is 40.2. The largest absolute Gasteiger partial charge is 0.480 e. The van der Waals surface area contributed by atoms with Crippen LogP contribution in [0.3, 0.4) is 0 Å². The zero-order valence-corrected chi connectivity index (χ0v) is 12.9. The molecular weight excluding hydrogens is 314 g/mol. The lowest BCUT2D eigenvalue weighted by Crippen LogP contribution is -2.67. The number of likely N-dealkylation sites (tertiary alicyclic amines) is 1. The van der Waals surface area contributed by atoms with E-state index < -0.39 is 29.9 Å². The van der Waals surface area contributed by atoms with E-state index >= 15 is 0 Å². The van der Waals surface area contributed by atoms with Gasteiger partial charge in [-0.1, -0.05) is 18.2 Å². The fourth-order valence-corrected chi connectivity index (χ4v) is 2.56. The number of carboxylic acid groups (broad SMARTS) is 1. The van der Waals surface area contributed by atoms with Gasteiger partial charge in [0.2, 0.25) is 5.91 Å². The predicted octanol–water partition coefficient (Wildman–Crippen LogP) is 0.184. The molecule has 1 aliphatic heterocycles. The van der Waals surface area contributed by atoms with Crippen molar-refractivity contribution in [1.29, 1.82) is 0 Å². The number of amides is 3. The number of aliphatic imine (C=N–C) groups is 1. The molecule has 0 bridgehead atoms. The molecule has 1 saturated heterocycles. The highest BCUT2D eigenvalue weighted by atomic mass is 16.4. The number of para-hydroxylation sites is 1. The Balaban J connectivity index is 1.98. The summed E-state index contributed by atoms with van der Waals surface area (Å²) in [5.41, 5.74) is 10.9. The molecule has 2 rings (SSSR count). The molecule has 2 atom stereocenters. The molecule has 6 N–H and O–H groups in total. The second-order valence-corrected chi connectivity index (χ2v) is 5.34. The van der Waals surface area contributed by atoms with E-state index in [1.54, 1.807) is 30.3 Å². The van der Waals surface area contributed by atoms with E-state index in [0.29, 0.717) is 25.1 Å². The van der Waals surface area contributed by atoms with Gasteiger partial charge in [-0.15, -0.1) is 0 Å². The van der Waals surface area contributed by atoms with Gasteiger partial charge in [0.05, 0.1) is 5.92 Å². The number of carbonyl (C=O) groups excluding carboxylic acids is 2. The molecule has 3 amide bonds. The smallest absolute Gasteiger partial charge is 0.329 e. The lowest BCUT2D eigenvalue weighted by molar-refractivity contribution is -0.165. The van der Waals surface area contributed by atoms with Gasteiger partial charge in [-0.25, -0.2) is 14.5 Å². The number of hydrogen-bond acceptors (Lipinski definition) is 4. The highest BCUT2D eigenvalue weighted by Crippen LogP contribution is 2.31. The average molecular weight is 333 g/mol. The predicted molar refractivity (Wildman–Crippen MR) is 87.1 cm³/mol. The summed E-state index contributed by atoms with van der Waals surface area (Å²) in [5.74, 6) is -2.54. The summed E-state index contributed by atoms with van der Waals surface area (Å²) in [7, 11) is 0. The maximum Gasteiger partial charge on any atom is 0.329 e. The minimum atomic E-state index is -1.22. The Morgan fingerprint density at radius 3 is 2.50 bits per heavy atom. The molecule has 0 aliphatic carbocycles. The summed E-state index contributed by atoms with van der Waals surface area (Å²) in [6.45, 7) is 0.300. The zero-order valence-electron chi connectivity index (χ0n) is 12.9. The van der Waals surface area contributed by atoms with Gasteiger partial charge < -0.3 is 21.9 Å². The van der Waals surface area contributed by atoms with Crippen molar-refractivity contribution in [3.63, 3.8) is 0 Å². The molecule has 9 nitrogen and oxygen atoms in total. The first-order valence-electron chi connectivity index (χ1n) is 7.39. The topological polar surface area (TPSA) is 151 Å². The normalized spacial score (nSPS) is 19.3. The maximum absolute atomic E-state index is 12.2. The lowest BCUT2D eigenvalue weighted by Gasteiger charge is -2.42. The van der Waals surface area contributed by atoms with Crippen LogP contribution >= 0.6 is 0 Å². The third-order valence-electron chi connectivity index (χ3n) is 3.68. The molecule has 0 saturated carbocycles. The van der Waals surface area contributed by atoms with Crippen LogP contribution in [0.2, 0.25) is 0 Å². The molecular formula is C15H19N5O4. The number of carbonyl (C=O) groups is 3. The standard InChI is InChI=1S/C15H19N5O4/c16-14(17)18-8-4-7-10-11(13(22)23)20(12(10)21)15(24)19-9-5-2-1-3-6-9/h1-3,5-6,10-11H,4,7-8H2,(H,19,24)(H,22,23)(H4,16,17,18)/t10-,11?/m1/s1. The lowest BCUT2D eigenvalue weighted by atomic mass is 9.84. The van der Waals surface area contributed by atoms with Crippen LogP contribution in [0, 0.1) is 5.92 Å². The van der Waals surface area contributed by atoms with Gasteiger partial charge in [0.25, 0.3) is 0 Å². The highest BCUT2D eigenvalue weighted by Gasteiger charge is 2.54. The number of aliphatic carboxylic acids is 1. The Morgan fingerprint density at radius 2 is 1.92 bits per heavy atom. The van der Waals surface area contributed by atoms with Crippen LogP contribution in [-0.4, -0.2) is 46.5 Å². The summed E-state index contributed by atoms with van der Waals surface area (Å²) in [5, 5.41) is 11.8. The second-order valence-electron chi connectivity index (χ2n) is 5.34. The fourth-order valence-electron chi connectivity index (χ4n) is 2.56. The summed E-state index contributed by atoms with van der Waals surface area (Å²) in [6, 6.07) is 6.56. The first-order valence-corrected chi connectivity index (χ1v) is 7.39. The van der Waals surface area contributed by atoms with Crippen molar-refractivity contribution in [2.24, 2.45) is 22.4 Å². The van der Waals surface area contributed by atoms with Gasteiger partial charge in [-0.2, -0.15) is 0 Å². The van der Waals surface area contributed by atoms with E-state index in [1.807, 2.05) is 0 Å². The summed E-state index contributed by atoms with van der Waals surface area (Å²) >= 11 is 0. The van der Waals surface area contributed by atoms with Crippen molar-refractivity contribution < 1.29 is 19.5 Å². The molecule has 1 unspecified atom stereocenters. The Bertz CT molecular complexity index is 657. The molecule has 0 spiro atoms. The van der Waals surface area contributed by atoms with Crippen molar-refractivity contribution in [2.75, 3.05) is 11.9 Å². The number of nitrogens with one attached hydrogen (secondary N) is 1. The number of β-lactam (4-membered cyclic amide) rings is 1. The Kier molecular flexibility index (Phi) is 5.35. The first kappa shape index (κ1) is 17.3. The van der Waals surface area contributed by atoms with E-state index in [0.717, 1.165) is 4.90 Å². The molecule has 0 aromatic heterocycles.